The summed E-state index contributed by atoms with van der Waals surface area (Å²) in [7, 11) is 0. The van der Waals surface area contributed by atoms with Crippen molar-refractivity contribution in [2.45, 2.75) is 38.5 Å². The van der Waals surface area contributed by atoms with E-state index in [4.69, 9.17) is 0 Å². The van der Waals surface area contributed by atoms with E-state index in [1.165, 1.54) is 93.5 Å². The molecule has 0 spiro atoms. The molecule has 12 rings (SSSR count). The van der Waals surface area contributed by atoms with Gasteiger partial charge in [-0.15, -0.1) is 0 Å². The highest BCUT2D eigenvalue weighted by Crippen LogP contribution is 2.55. The number of anilines is 3. The number of benzene rings is 9. The Morgan fingerprint density at radius 3 is 1.71 bits per heavy atom. The number of nitrogens with zero attached hydrogens (tertiary/aromatic N) is 2. The third-order valence-electron chi connectivity index (χ3n) is 13.5. The normalized spacial score (nSPS) is 14.5. The minimum Gasteiger partial charge on any atom is -0.310 e. The van der Waals surface area contributed by atoms with Gasteiger partial charge in [0.05, 0.1) is 11.0 Å². The first-order valence-corrected chi connectivity index (χ1v) is 20.5. The standard InChI is InChI=1S/C56H42N2/c1-55(2)48-32-36-16-12-11-15-35(36)30-46(48)47-31-37-23-24-41(29-38(37)33-49(47)55)57(39-17-7-5-8-18-39)42-25-26-43-44-27-28-52-53(54(44)56(3,4)50(43)34-42)45-21-13-14-22-51(45)58(52)40-19-9-6-10-20-40/h5-34H,1-4H3. The highest BCUT2D eigenvalue weighted by Gasteiger charge is 2.39. The van der Waals surface area contributed by atoms with Gasteiger partial charge in [0.2, 0.25) is 0 Å². The Morgan fingerprint density at radius 1 is 0.379 bits per heavy atom. The van der Waals surface area contributed by atoms with Crippen LogP contribution in [0.2, 0.25) is 0 Å². The predicted molar refractivity (Wildman–Crippen MR) is 246 cm³/mol. The minimum atomic E-state index is -0.233. The fourth-order valence-corrected chi connectivity index (χ4v) is 10.7. The van der Waals surface area contributed by atoms with Gasteiger partial charge in [-0.2, -0.15) is 0 Å². The summed E-state index contributed by atoms with van der Waals surface area (Å²) >= 11 is 0. The van der Waals surface area contributed by atoms with Crippen LogP contribution in [-0.4, -0.2) is 4.57 Å². The molecule has 2 nitrogen and oxygen atoms in total. The van der Waals surface area contributed by atoms with Crippen LogP contribution in [0.15, 0.2) is 182 Å². The van der Waals surface area contributed by atoms with Crippen LogP contribution in [0.25, 0.3) is 71.3 Å². The topological polar surface area (TPSA) is 8.17 Å². The number of hydrogen-bond donors (Lipinski definition) is 0. The molecule has 0 N–H and O–H groups in total. The molecule has 0 unspecified atom stereocenters. The second-order valence-corrected chi connectivity index (χ2v) is 17.4. The second-order valence-electron chi connectivity index (χ2n) is 17.4. The second kappa shape index (κ2) is 11.8. The van der Waals surface area contributed by atoms with Gasteiger partial charge in [-0.1, -0.05) is 125 Å². The number of fused-ring (bicyclic) bond motifs is 12. The van der Waals surface area contributed by atoms with Crippen LogP contribution in [0.5, 0.6) is 0 Å². The van der Waals surface area contributed by atoms with Crippen LogP contribution in [0.4, 0.5) is 17.1 Å². The molecular formula is C56H42N2. The van der Waals surface area contributed by atoms with Crippen molar-refractivity contribution in [2.24, 2.45) is 0 Å². The van der Waals surface area contributed by atoms with E-state index in [1.54, 1.807) is 0 Å². The molecule has 0 bridgehead atoms. The lowest BCUT2D eigenvalue weighted by molar-refractivity contribution is 0.662. The van der Waals surface area contributed by atoms with Crippen LogP contribution < -0.4 is 4.90 Å². The molecule has 10 aromatic rings. The summed E-state index contributed by atoms with van der Waals surface area (Å²) in [6, 6.07) is 67.9. The van der Waals surface area contributed by atoms with Crippen LogP contribution in [0.3, 0.4) is 0 Å². The first kappa shape index (κ1) is 33.3. The monoisotopic (exact) mass is 742 g/mol. The maximum absolute atomic E-state index is 2.46. The van der Waals surface area contributed by atoms with Crippen molar-refractivity contribution in [1.29, 1.82) is 0 Å². The average molecular weight is 743 g/mol. The molecule has 0 atom stereocenters. The minimum absolute atomic E-state index is 0.0998. The van der Waals surface area contributed by atoms with Gasteiger partial charge >= 0.3 is 0 Å². The van der Waals surface area contributed by atoms with E-state index in [0.717, 1.165) is 17.1 Å². The van der Waals surface area contributed by atoms with Gasteiger partial charge in [0.1, 0.15) is 0 Å². The molecule has 0 aliphatic heterocycles. The smallest absolute Gasteiger partial charge is 0.0544 e. The molecule has 2 heteroatoms. The van der Waals surface area contributed by atoms with E-state index < -0.39 is 0 Å². The van der Waals surface area contributed by atoms with Gasteiger partial charge in [-0.05, 0) is 151 Å². The summed E-state index contributed by atoms with van der Waals surface area (Å²) in [5.74, 6) is 0. The van der Waals surface area contributed by atoms with E-state index in [-0.39, 0.29) is 10.8 Å². The van der Waals surface area contributed by atoms with Crippen molar-refractivity contribution in [1.82, 2.24) is 4.57 Å². The Hall–Kier alpha value is -6.90. The Kier molecular flexibility index (Phi) is 6.78. The Balaban J connectivity index is 1.01. The summed E-state index contributed by atoms with van der Waals surface area (Å²) in [5.41, 5.74) is 17.7. The summed E-state index contributed by atoms with van der Waals surface area (Å²) in [4.78, 5) is 2.44. The maximum atomic E-state index is 2.46. The lowest BCUT2D eigenvalue weighted by atomic mass is 9.80. The van der Waals surface area contributed by atoms with Gasteiger partial charge in [0.25, 0.3) is 0 Å². The molecule has 1 heterocycles. The highest BCUT2D eigenvalue weighted by molar-refractivity contribution is 6.14. The van der Waals surface area contributed by atoms with Gasteiger partial charge < -0.3 is 9.47 Å². The molecule has 0 amide bonds. The summed E-state index contributed by atoms with van der Waals surface area (Å²) in [6.07, 6.45) is 0. The molecule has 58 heavy (non-hydrogen) atoms. The first-order chi connectivity index (χ1) is 28.3. The van der Waals surface area contributed by atoms with Crippen LogP contribution >= 0.6 is 0 Å². The molecule has 0 saturated heterocycles. The molecule has 1 aromatic heterocycles. The van der Waals surface area contributed by atoms with Crippen molar-refractivity contribution in [2.75, 3.05) is 4.90 Å². The van der Waals surface area contributed by atoms with Gasteiger partial charge in [0, 0.05) is 44.4 Å². The predicted octanol–water partition coefficient (Wildman–Crippen LogP) is 15.2. The molecule has 2 aliphatic rings. The number of para-hydroxylation sites is 3. The van der Waals surface area contributed by atoms with E-state index in [0.29, 0.717) is 0 Å². The largest absolute Gasteiger partial charge is 0.310 e. The number of hydrogen-bond acceptors (Lipinski definition) is 1. The molecule has 0 radical (unpaired) electrons. The molecule has 2 aliphatic carbocycles. The van der Waals surface area contributed by atoms with Gasteiger partial charge in [0.15, 0.2) is 0 Å². The van der Waals surface area contributed by atoms with Crippen molar-refractivity contribution in [3.8, 4) is 27.9 Å². The molecule has 0 fully saturated rings. The van der Waals surface area contributed by atoms with Crippen molar-refractivity contribution in [3.63, 3.8) is 0 Å². The van der Waals surface area contributed by atoms with Gasteiger partial charge in [-0.25, -0.2) is 0 Å². The Labute approximate surface area is 339 Å². The Morgan fingerprint density at radius 2 is 0.948 bits per heavy atom. The van der Waals surface area contributed by atoms with Crippen LogP contribution in [0, 0.1) is 0 Å². The zero-order chi connectivity index (χ0) is 38.9. The van der Waals surface area contributed by atoms with Gasteiger partial charge in [-0.3, -0.25) is 0 Å². The molecule has 9 aromatic carbocycles. The summed E-state index contributed by atoms with van der Waals surface area (Å²) in [5, 5.41) is 7.76. The lowest BCUT2D eigenvalue weighted by Gasteiger charge is -2.28. The fourth-order valence-electron chi connectivity index (χ4n) is 10.7. The summed E-state index contributed by atoms with van der Waals surface area (Å²) < 4.78 is 2.43. The quantitative estimate of drug-likeness (QED) is 0.174. The zero-order valence-electron chi connectivity index (χ0n) is 33.2. The van der Waals surface area contributed by atoms with Crippen molar-refractivity contribution in [3.05, 3.63) is 204 Å². The lowest BCUT2D eigenvalue weighted by Crippen LogP contribution is -2.17. The summed E-state index contributed by atoms with van der Waals surface area (Å²) in [6.45, 7) is 9.61. The number of rotatable bonds is 4. The molecule has 276 valence electrons. The highest BCUT2D eigenvalue weighted by atomic mass is 15.1. The SMILES string of the molecule is CC1(C)c2cc3ccccc3cc2-c2cc3ccc(N(c4ccccc4)c4ccc5c(c4)C(C)(C)c4c-5ccc5c4c4ccccc4n5-c4ccccc4)cc3cc21. The van der Waals surface area contributed by atoms with E-state index in [9.17, 15) is 0 Å². The fraction of sp³-hybridized carbons (Fsp3) is 0.107. The molecule has 0 saturated carbocycles. The number of aromatic nitrogens is 1. The zero-order valence-corrected chi connectivity index (χ0v) is 33.2. The maximum Gasteiger partial charge on any atom is 0.0544 e. The van der Waals surface area contributed by atoms with E-state index in [2.05, 4.69) is 219 Å². The van der Waals surface area contributed by atoms with Crippen molar-refractivity contribution < 1.29 is 0 Å². The van der Waals surface area contributed by atoms with Crippen LogP contribution in [-0.2, 0) is 10.8 Å². The van der Waals surface area contributed by atoms with E-state index in [1.807, 2.05) is 0 Å². The van der Waals surface area contributed by atoms with Crippen LogP contribution in [0.1, 0.15) is 49.9 Å². The van der Waals surface area contributed by atoms with E-state index >= 15 is 0 Å². The Bertz CT molecular complexity index is 3330. The average Bonchev–Trinajstić information content (AvgIpc) is 3.79. The molecular weight excluding hydrogens is 701 g/mol. The first-order valence-electron chi connectivity index (χ1n) is 20.5. The third kappa shape index (κ3) is 4.54. The van der Waals surface area contributed by atoms with Crippen molar-refractivity contribution >= 4 is 60.4 Å². The third-order valence-corrected chi connectivity index (χ3v) is 13.5.